The molecule has 2 amide bonds. The summed E-state index contributed by atoms with van der Waals surface area (Å²) in [6, 6.07) is 13.2. The van der Waals surface area contributed by atoms with Crippen LogP contribution in [0.5, 0.6) is 0 Å². The van der Waals surface area contributed by atoms with E-state index in [1.54, 1.807) is 12.1 Å². The molecule has 2 heterocycles. The number of carbonyl (C=O) groups is 2. The first-order chi connectivity index (χ1) is 13.2. The largest absolute Gasteiger partial charge is 0.352 e. The van der Waals surface area contributed by atoms with Crippen LogP contribution in [0.3, 0.4) is 0 Å². The Labute approximate surface area is 160 Å². The fourth-order valence-corrected chi connectivity index (χ4v) is 3.19. The molecule has 1 fully saturated rings. The molecule has 1 aliphatic heterocycles. The average molecular weight is 366 g/mol. The number of hydrogen-bond donors (Lipinski definition) is 1. The predicted octanol–water partition coefficient (Wildman–Crippen LogP) is 1.94. The molecule has 0 saturated carbocycles. The minimum atomic E-state index is -0.0900. The summed E-state index contributed by atoms with van der Waals surface area (Å²) in [5.41, 5.74) is 1.90. The second-order valence-electron chi connectivity index (χ2n) is 6.74. The number of nitrogens with zero attached hydrogens (tertiary/aromatic N) is 3. The number of aromatic nitrogens is 1. The summed E-state index contributed by atoms with van der Waals surface area (Å²) in [7, 11) is 0. The van der Waals surface area contributed by atoms with Gasteiger partial charge in [0.2, 0.25) is 5.91 Å². The first-order valence-electron chi connectivity index (χ1n) is 9.44. The van der Waals surface area contributed by atoms with Gasteiger partial charge in [-0.25, -0.2) is 0 Å². The van der Waals surface area contributed by atoms with Crippen molar-refractivity contribution >= 4 is 11.8 Å². The topological polar surface area (TPSA) is 65.5 Å². The Morgan fingerprint density at radius 1 is 0.963 bits per heavy atom. The third-order valence-electron chi connectivity index (χ3n) is 4.77. The number of benzene rings is 1. The predicted molar refractivity (Wildman–Crippen MR) is 104 cm³/mol. The molecule has 1 saturated heterocycles. The molecule has 6 heteroatoms. The number of nitrogens with one attached hydrogen (secondary N) is 1. The van der Waals surface area contributed by atoms with Crippen LogP contribution in [0.25, 0.3) is 0 Å². The second-order valence-corrected chi connectivity index (χ2v) is 6.74. The Balaban J connectivity index is 1.32. The molecule has 1 aromatic heterocycles. The van der Waals surface area contributed by atoms with Gasteiger partial charge in [-0.2, -0.15) is 0 Å². The van der Waals surface area contributed by atoms with Gasteiger partial charge in [0.25, 0.3) is 5.91 Å². The van der Waals surface area contributed by atoms with Gasteiger partial charge in [0.1, 0.15) is 0 Å². The van der Waals surface area contributed by atoms with Crippen molar-refractivity contribution in [3.8, 4) is 0 Å². The molecule has 0 spiro atoms. The minimum Gasteiger partial charge on any atom is -0.352 e. The highest BCUT2D eigenvalue weighted by atomic mass is 16.2. The average Bonchev–Trinajstić information content (AvgIpc) is 2.73. The zero-order valence-corrected chi connectivity index (χ0v) is 15.5. The summed E-state index contributed by atoms with van der Waals surface area (Å²) in [6.07, 6.45) is 4.76. The van der Waals surface area contributed by atoms with Crippen LogP contribution in [-0.4, -0.2) is 59.3 Å². The quantitative estimate of drug-likeness (QED) is 0.761. The van der Waals surface area contributed by atoms with Crippen molar-refractivity contribution in [3.05, 3.63) is 66.0 Å². The van der Waals surface area contributed by atoms with E-state index < -0.39 is 0 Å². The maximum absolute atomic E-state index is 12.4. The zero-order chi connectivity index (χ0) is 18.9. The van der Waals surface area contributed by atoms with Gasteiger partial charge < -0.3 is 10.2 Å². The molecule has 0 unspecified atom stereocenters. The fourth-order valence-electron chi connectivity index (χ4n) is 3.19. The monoisotopic (exact) mass is 366 g/mol. The van der Waals surface area contributed by atoms with Crippen molar-refractivity contribution in [2.75, 3.05) is 32.7 Å². The van der Waals surface area contributed by atoms with Crippen LogP contribution in [-0.2, 0) is 11.3 Å². The van der Waals surface area contributed by atoms with Gasteiger partial charge in [0.15, 0.2) is 0 Å². The molecular formula is C21H26N4O2. The summed E-state index contributed by atoms with van der Waals surface area (Å²) >= 11 is 0. The molecule has 0 bridgehead atoms. The molecule has 0 aliphatic carbocycles. The highest BCUT2D eigenvalue weighted by Gasteiger charge is 2.20. The number of hydrogen-bond acceptors (Lipinski definition) is 4. The Morgan fingerprint density at radius 3 is 2.37 bits per heavy atom. The lowest BCUT2D eigenvalue weighted by Crippen LogP contribution is -2.48. The van der Waals surface area contributed by atoms with Crippen molar-refractivity contribution in [1.29, 1.82) is 0 Å². The van der Waals surface area contributed by atoms with Crippen LogP contribution in [0.4, 0.5) is 0 Å². The van der Waals surface area contributed by atoms with E-state index >= 15 is 0 Å². The summed E-state index contributed by atoms with van der Waals surface area (Å²) < 4.78 is 0. The van der Waals surface area contributed by atoms with Crippen LogP contribution in [0, 0.1) is 0 Å². The molecule has 3 rings (SSSR count). The molecule has 6 nitrogen and oxygen atoms in total. The summed E-state index contributed by atoms with van der Waals surface area (Å²) in [6.45, 7) is 4.72. The van der Waals surface area contributed by atoms with Gasteiger partial charge in [-0.15, -0.1) is 0 Å². The molecule has 27 heavy (non-hydrogen) atoms. The van der Waals surface area contributed by atoms with E-state index in [4.69, 9.17) is 0 Å². The SMILES string of the molecule is O=C(NCCCC(=O)N1CCN(Cc2ccncc2)CC1)c1ccccc1. The summed E-state index contributed by atoms with van der Waals surface area (Å²) in [5, 5.41) is 2.87. The fraction of sp³-hybridized carbons (Fsp3) is 0.381. The van der Waals surface area contributed by atoms with Crippen LogP contribution in [0.2, 0.25) is 0 Å². The van der Waals surface area contributed by atoms with Gasteiger partial charge in [-0.05, 0) is 36.2 Å². The highest BCUT2D eigenvalue weighted by molar-refractivity contribution is 5.94. The molecule has 1 N–H and O–H groups in total. The molecular weight excluding hydrogens is 340 g/mol. The van der Waals surface area contributed by atoms with Crippen LogP contribution >= 0.6 is 0 Å². The van der Waals surface area contributed by atoms with E-state index in [1.807, 2.05) is 47.6 Å². The lowest BCUT2D eigenvalue weighted by atomic mass is 10.2. The summed E-state index contributed by atoms with van der Waals surface area (Å²) in [4.78, 5) is 32.7. The van der Waals surface area contributed by atoms with E-state index in [2.05, 4.69) is 15.2 Å². The standard InChI is InChI=1S/C21H26N4O2/c26-20(7-4-10-23-21(27)19-5-2-1-3-6-19)25-15-13-24(14-16-25)17-18-8-11-22-12-9-18/h1-3,5-6,8-9,11-12H,4,7,10,13-17H2,(H,23,27). The summed E-state index contributed by atoms with van der Waals surface area (Å²) in [5.74, 6) is 0.0836. The van der Waals surface area contributed by atoms with Crippen LogP contribution in [0.1, 0.15) is 28.8 Å². The van der Waals surface area contributed by atoms with Gasteiger partial charge in [-0.3, -0.25) is 19.5 Å². The number of rotatable bonds is 7. The van der Waals surface area contributed by atoms with Gasteiger partial charge in [-0.1, -0.05) is 18.2 Å². The number of carbonyl (C=O) groups excluding carboxylic acids is 2. The van der Waals surface area contributed by atoms with Crippen molar-refractivity contribution < 1.29 is 9.59 Å². The van der Waals surface area contributed by atoms with E-state index in [-0.39, 0.29) is 11.8 Å². The van der Waals surface area contributed by atoms with Crippen molar-refractivity contribution in [2.24, 2.45) is 0 Å². The van der Waals surface area contributed by atoms with Gasteiger partial charge >= 0.3 is 0 Å². The van der Waals surface area contributed by atoms with Crippen LogP contribution < -0.4 is 5.32 Å². The van der Waals surface area contributed by atoms with Crippen molar-refractivity contribution in [3.63, 3.8) is 0 Å². The molecule has 142 valence electrons. The third-order valence-corrected chi connectivity index (χ3v) is 4.77. The van der Waals surface area contributed by atoms with Gasteiger partial charge in [0.05, 0.1) is 0 Å². The first kappa shape index (κ1) is 19.0. The number of amides is 2. The molecule has 2 aromatic rings. The lowest BCUT2D eigenvalue weighted by molar-refractivity contribution is -0.133. The normalized spacial score (nSPS) is 14.7. The highest BCUT2D eigenvalue weighted by Crippen LogP contribution is 2.09. The zero-order valence-electron chi connectivity index (χ0n) is 15.5. The Kier molecular flexibility index (Phi) is 6.93. The maximum atomic E-state index is 12.4. The molecule has 0 radical (unpaired) electrons. The lowest BCUT2D eigenvalue weighted by Gasteiger charge is -2.34. The number of pyridine rings is 1. The van der Waals surface area contributed by atoms with Gasteiger partial charge in [0, 0.05) is 63.6 Å². The Hall–Kier alpha value is -2.73. The molecule has 1 aliphatic rings. The van der Waals surface area contributed by atoms with E-state index in [0.29, 0.717) is 24.9 Å². The maximum Gasteiger partial charge on any atom is 0.251 e. The Morgan fingerprint density at radius 2 is 1.67 bits per heavy atom. The second kappa shape index (κ2) is 9.83. The van der Waals surface area contributed by atoms with Crippen molar-refractivity contribution in [2.45, 2.75) is 19.4 Å². The van der Waals surface area contributed by atoms with E-state index in [0.717, 1.165) is 32.7 Å². The first-order valence-corrected chi connectivity index (χ1v) is 9.44. The molecule has 0 atom stereocenters. The van der Waals surface area contributed by atoms with Crippen molar-refractivity contribution in [1.82, 2.24) is 20.1 Å². The van der Waals surface area contributed by atoms with E-state index in [9.17, 15) is 9.59 Å². The Bertz CT molecular complexity index is 728. The third kappa shape index (κ3) is 5.89. The van der Waals surface area contributed by atoms with Crippen LogP contribution in [0.15, 0.2) is 54.9 Å². The minimum absolute atomic E-state index is 0.0900. The number of piperazine rings is 1. The smallest absolute Gasteiger partial charge is 0.251 e. The molecule has 1 aromatic carbocycles. The van der Waals surface area contributed by atoms with E-state index in [1.165, 1.54) is 5.56 Å².